The lowest BCUT2D eigenvalue weighted by molar-refractivity contribution is -0.140. The van der Waals surface area contributed by atoms with E-state index >= 15 is 0 Å². The molecule has 1 N–H and O–H groups in total. The molecule has 0 aliphatic heterocycles. The molecule has 0 aromatic heterocycles. The fraction of sp³-hybridized carbons (Fsp3) is 0.462. The van der Waals surface area contributed by atoms with Crippen LogP contribution >= 0.6 is 0 Å². The summed E-state index contributed by atoms with van der Waals surface area (Å²) in [5.41, 5.74) is 2.56. The Morgan fingerprint density at radius 1 is 0.971 bits per heavy atom. The minimum Gasteiger partial charge on any atom is -0.355 e. The van der Waals surface area contributed by atoms with Crippen molar-refractivity contribution < 1.29 is 18.0 Å². The first kappa shape index (κ1) is 27.4. The molecule has 0 saturated carbocycles. The number of rotatable bonds is 13. The molecule has 34 heavy (non-hydrogen) atoms. The second kappa shape index (κ2) is 13.1. The lowest BCUT2D eigenvalue weighted by Crippen LogP contribution is -2.50. The van der Waals surface area contributed by atoms with Crippen LogP contribution in [0.4, 0.5) is 5.69 Å². The highest BCUT2D eigenvalue weighted by Crippen LogP contribution is 2.23. The van der Waals surface area contributed by atoms with Gasteiger partial charge in [-0.25, -0.2) is 8.42 Å². The van der Waals surface area contributed by atoms with Crippen LogP contribution < -0.4 is 9.62 Å². The molecule has 0 spiro atoms. The van der Waals surface area contributed by atoms with Crippen molar-refractivity contribution in [3.8, 4) is 0 Å². The highest BCUT2D eigenvalue weighted by atomic mass is 32.2. The molecule has 1 unspecified atom stereocenters. The molecule has 2 rings (SSSR count). The van der Waals surface area contributed by atoms with E-state index < -0.39 is 16.1 Å². The Labute approximate surface area is 204 Å². The molecule has 2 aromatic carbocycles. The summed E-state index contributed by atoms with van der Waals surface area (Å²) < 4.78 is 26.2. The number of hydrogen-bond acceptors (Lipinski definition) is 4. The zero-order chi connectivity index (χ0) is 25.1. The maximum Gasteiger partial charge on any atom is 0.242 e. The third kappa shape index (κ3) is 7.87. The number of aryl methyl sites for hydroxylation is 1. The van der Waals surface area contributed by atoms with Crippen molar-refractivity contribution in [2.24, 2.45) is 0 Å². The van der Waals surface area contributed by atoms with Crippen LogP contribution in [0.2, 0.25) is 0 Å². The van der Waals surface area contributed by atoms with Gasteiger partial charge in [0.25, 0.3) is 0 Å². The summed E-state index contributed by atoms with van der Waals surface area (Å²) in [6, 6.07) is 16.6. The quantitative estimate of drug-likeness (QED) is 0.468. The largest absolute Gasteiger partial charge is 0.355 e. The zero-order valence-corrected chi connectivity index (χ0v) is 21.5. The van der Waals surface area contributed by atoms with Crippen molar-refractivity contribution in [1.29, 1.82) is 0 Å². The van der Waals surface area contributed by atoms with Crippen molar-refractivity contribution in [3.63, 3.8) is 0 Å². The molecule has 0 fully saturated rings. The van der Waals surface area contributed by atoms with Gasteiger partial charge in [0.1, 0.15) is 6.04 Å². The SMILES string of the molecule is CCNC(=O)C(CC)N(CCc1ccccc1)C(=O)CCCN(c1ccccc1C)S(C)(=O)=O. The Morgan fingerprint density at radius 2 is 1.62 bits per heavy atom. The van der Waals surface area contributed by atoms with E-state index in [2.05, 4.69) is 5.32 Å². The molecular weight excluding hydrogens is 450 g/mol. The van der Waals surface area contributed by atoms with Crippen molar-refractivity contribution in [2.45, 2.75) is 52.5 Å². The molecule has 8 heteroatoms. The fourth-order valence-electron chi connectivity index (χ4n) is 4.01. The summed E-state index contributed by atoms with van der Waals surface area (Å²) in [5.74, 6) is -0.309. The summed E-state index contributed by atoms with van der Waals surface area (Å²) in [5, 5.41) is 2.83. The number of anilines is 1. The minimum atomic E-state index is -3.50. The first-order valence-corrected chi connectivity index (χ1v) is 13.7. The third-order valence-electron chi connectivity index (χ3n) is 5.76. The predicted octanol–water partition coefficient (Wildman–Crippen LogP) is 3.53. The van der Waals surface area contributed by atoms with Gasteiger partial charge in [0.05, 0.1) is 11.9 Å². The Hall–Kier alpha value is -2.87. The van der Waals surface area contributed by atoms with Crippen LogP contribution in [-0.2, 0) is 26.0 Å². The maximum absolute atomic E-state index is 13.3. The number of nitrogens with one attached hydrogen (secondary N) is 1. The molecule has 0 saturated heterocycles. The molecule has 2 aromatic rings. The summed E-state index contributed by atoms with van der Waals surface area (Å²) in [4.78, 5) is 27.6. The van der Waals surface area contributed by atoms with E-state index in [1.165, 1.54) is 10.6 Å². The van der Waals surface area contributed by atoms with E-state index in [0.29, 0.717) is 38.0 Å². The van der Waals surface area contributed by atoms with Gasteiger partial charge in [-0.05, 0) is 50.3 Å². The third-order valence-corrected chi connectivity index (χ3v) is 6.94. The van der Waals surface area contributed by atoms with Gasteiger partial charge in [0, 0.05) is 26.1 Å². The van der Waals surface area contributed by atoms with Crippen molar-refractivity contribution >= 4 is 27.5 Å². The Bertz CT molecular complexity index is 1040. The van der Waals surface area contributed by atoms with Gasteiger partial charge in [0.2, 0.25) is 21.8 Å². The Morgan fingerprint density at radius 3 is 2.21 bits per heavy atom. The molecule has 7 nitrogen and oxygen atoms in total. The predicted molar refractivity (Wildman–Crippen MR) is 137 cm³/mol. The minimum absolute atomic E-state index is 0.146. The summed E-state index contributed by atoms with van der Waals surface area (Å²) in [6.07, 6.45) is 2.83. The molecule has 0 bridgehead atoms. The first-order chi connectivity index (χ1) is 16.2. The van der Waals surface area contributed by atoms with E-state index in [1.807, 2.05) is 63.2 Å². The Balaban J connectivity index is 2.14. The van der Waals surface area contributed by atoms with E-state index in [0.717, 1.165) is 11.1 Å². The van der Waals surface area contributed by atoms with Gasteiger partial charge in [-0.2, -0.15) is 0 Å². The van der Waals surface area contributed by atoms with Crippen LogP contribution in [0.3, 0.4) is 0 Å². The van der Waals surface area contributed by atoms with E-state index in [-0.39, 0.29) is 24.8 Å². The molecular formula is C26H37N3O4S. The van der Waals surface area contributed by atoms with Crippen molar-refractivity contribution in [2.75, 3.05) is 30.2 Å². The number of likely N-dealkylation sites (N-methyl/N-ethyl adjacent to an activating group) is 1. The monoisotopic (exact) mass is 487 g/mol. The number of hydrogen-bond donors (Lipinski definition) is 1. The fourth-order valence-corrected chi connectivity index (χ4v) is 5.04. The van der Waals surface area contributed by atoms with Gasteiger partial charge in [-0.15, -0.1) is 0 Å². The summed E-state index contributed by atoms with van der Waals surface area (Å²) in [7, 11) is -3.50. The van der Waals surface area contributed by atoms with Gasteiger partial charge >= 0.3 is 0 Å². The van der Waals surface area contributed by atoms with Crippen LogP contribution in [0.5, 0.6) is 0 Å². The van der Waals surface area contributed by atoms with Crippen LogP contribution in [0.25, 0.3) is 0 Å². The molecule has 0 aliphatic carbocycles. The van der Waals surface area contributed by atoms with Crippen LogP contribution in [0.1, 0.15) is 44.2 Å². The highest BCUT2D eigenvalue weighted by Gasteiger charge is 2.28. The van der Waals surface area contributed by atoms with E-state index in [9.17, 15) is 18.0 Å². The number of para-hydroxylation sites is 1. The lowest BCUT2D eigenvalue weighted by atomic mass is 10.1. The van der Waals surface area contributed by atoms with E-state index in [4.69, 9.17) is 0 Å². The van der Waals surface area contributed by atoms with Crippen LogP contribution in [0, 0.1) is 6.92 Å². The number of nitrogens with zero attached hydrogens (tertiary/aromatic N) is 2. The number of amides is 2. The number of carbonyl (C=O) groups excluding carboxylic acids is 2. The van der Waals surface area contributed by atoms with Gasteiger partial charge in [0.15, 0.2) is 0 Å². The van der Waals surface area contributed by atoms with Gasteiger partial charge in [-0.1, -0.05) is 55.5 Å². The number of benzene rings is 2. The average Bonchev–Trinajstić information content (AvgIpc) is 2.80. The lowest BCUT2D eigenvalue weighted by Gasteiger charge is -2.31. The molecule has 1 atom stereocenters. The number of carbonyl (C=O) groups is 2. The van der Waals surface area contributed by atoms with Crippen LogP contribution in [0.15, 0.2) is 54.6 Å². The molecule has 2 amide bonds. The second-order valence-corrected chi connectivity index (χ2v) is 10.3. The highest BCUT2D eigenvalue weighted by molar-refractivity contribution is 7.92. The van der Waals surface area contributed by atoms with Gasteiger partial charge in [-0.3, -0.25) is 13.9 Å². The standard InChI is InChI=1S/C26H37N3O4S/c1-5-23(26(31)27-6-2)28(20-18-22-14-8-7-9-15-22)25(30)17-12-19-29(34(4,32)33)24-16-11-10-13-21(24)3/h7-11,13-16,23H,5-6,12,17-20H2,1-4H3,(H,27,31). The topological polar surface area (TPSA) is 86.8 Å². The first-order valence-electron chi connectivity index (χ1n) is 11.8. The van der Waals surface area contributed by atoms with Crippen molar-refractivity contribution in [3.05, 3.63) is 65.7 Å². The van der Waals surface area contributed by atoms with Gasteiger partial charge < -0.3 is 10.2 Å². The summed E-state index contributed by atoms with van der Waals surface area (Å²) in [6.45, 7) is 6.72. The second-order valence-electron chi connectivity index (χ2n) is 8.37. The molecule has 0 aliphatic rings. The molecule has 186 valence electrons. The summed E-state index contributed by atoms with van der Waals surface area (Å²) >= 11 is 0. The molecule has 0 heterocycles. The maximum atomic E-state index is 13.3. The van der Waals surface area contributed by atoms with Crippen LogP contribution in [-0.4, -0.2) is 57.1 Å². The average molecular weight is 488 g/mol. The normalized spacial score (nSPS) is 12.1. The molecule has 0 radical (unpaired) electrons. The Kier molecular flexibility index (Phi) is 10.6. The zero-order valence-electron chi connectivity index (χ0n) is 20.7. The smallest absolute Gasteiger partial charge is 0.242 e. The number of sulfonamides is 1. The van der Waals surface area contributed by atoms with Crippen molar-refractivity contribution in [1.82, 2.24) is 10.2 Å². The van der Waals surface area contributed by atoms with E-state index in [1.54, 1.807) is 17.0 Å².